The predicted octanol–water partition coefficient (Wildman–Crippen LogP) is -0.883. The topological polar surface area (TPSA) is 163 Å². The first-order valence-corrected chi connectivity index (χ1v) is 11.0. The smallest absolute Gasteiger partial charge is 0.250 e. The number of ether oxygens (including phenoxy) is 1. The Morgan fingerprint density at radius 1 is 1.13 bits per heavy atom. The van der Waals surface area contributed by atoms with Crippen molar-refractivity contribution in [1.29, 1.82) is 5.26 Å². The van der Waals surface area contributed by atoms with Crippen molar-refractivity contribution in [3.63, 3.8) is 0 Å². The lowest BCUT2D eigenvalue weighted by molar-refractivity contribution is -0.279. The van der Waals surface area contributed by atoms with Crippen molar-refractivity contribution in [3.05, 3.63) is 34.7 Å². The van der Waals surface area contributed by atoms with Gasteiger partial charge in [-0.15, -0.1) is 0 Å². The average molecular weight is 442 g/mol. The van der Waals surface area contributed by atoms with Crippen LogP contribution in [-0.4, -0.2) is 79.2 Å². The van der Waals surface area contributed by atoms with Gasteiger partial charge < -0.3 is 30.1 Å². The molecule has 1 saturated heterocycles. The Morgan fingerprint density at radius 2 is 1.73 bits per heavy atom. The van der Waals surface area contributed by atoms with Gasteiger partial charge in [0.1, 0.15) is 30.5 Å². The quantitative estimate of drug-likeness (QED) is 0.322. The minimum Gasteiger partial charge on any atom is -0.388 e. The van der Waals surface area contributed by atoms with Crippen LogP contribution < -0.4 is 9.62 Å². The SMILES string of the molecule is CCN(CC)c1ccc(/C=C(\C#N)S(=O)(=O)NC[C@H]2O[C@@H](O)[C@H](O)[C@@H](O)[C@@H]2O)cc1. The first-order chi connectivity index (χ1) is 14.1. The summed E-state index contributed by atoms with van der Waals surface area (Å²) in [5.41, 5.74) is 1.48. The molecule has 166 valence electrons. The Hall–Kier alpha value is -2.04. The van der Waals surface area contributed by atoms with Crippen LogP contribution in [0.1, 0.15) is 19.4 Å². The van der Waals surface area contributed by atoms with Gasteiger partial charge in [0, 0.05) is 25.3 Å². The Morgan fingerprint density at radius 3 is 2.27 bits per heavy atom. The van der Waals surface area contributed by atoms with E-state index in [4.69, 9.17) is 4.74 Å². The molecule has 0 unspecified atom stereocenters. The molecule has 0 amide bonds. The molecule has 5 N–H and O–H groups in total. The summed E-state index contributed by atoms with van der Waals surface area (Å²) in [4.78, 5) is 1.57. The summed E-state index contributed by atoms with van der Waals surface area (Å²) in [6, 6.07) is 8.68. The third-order valence-corrected chi connectivity index (χ3v) is 6.22. The van der Waals surface area contributed by atoms with E-state index in [-0.39, 0.29) is 0 Å². The van der Waals surface area contributed by atoms with E-state index in [2.05, 4.69) is 9.62 Å². The highest BCUT2D eigenvalue weighted by Crippen LogP contribution is 2.21. The van der Waals surface area contributed by atoms with Crippen LogP contribution in [0.15, 0.2) is 29.2 Å². The number of aliphatic hydroxyl groups is 4. The zero-order chi connectivity index (χ0) is 22.5. The summed E-state index contributed by atoms with van der Waals surface area (Å²) in [5.74, 6) is 0. The van der Waals surface area contributed by atoms with Gasteiger partial charge in [0.25, 0.3) is 10.0 Å². The van der Waals surface area contributed by atoms with E-state index in [1.54, 1.807) is 18.2 Å². The molecule has 11 heteroatoms. The van der Waals surface area contributed by atoms with Crippen LogP contribution in [0.2, 0.25) is 0 Å². The number of benzene rings is 1. The molecule has 1 fully saturated rings. The van der Waals surface area contributed by atoms with Crippen LogP contribution in [0.5, 0.6) is 0 Å². The van der Waals surface area contributed by atoms with E-state index < -0.39 is 52.2 Å². The number of allylic oxidation sites excluding steroid dienone is 1. The van der Waals surface area contributed by atoms with Crippen LogP contribution in [-0.2, 0) is 14.8 Å². The molecule has 1 heterocycles. The van der Waals surface area contributed by atoms with Gasteiger partial charge in [0.15, 0.2) is 11.2 Å². The Kier molecular flexibility index (Phi) is 8.34. The van der Waals surface area contributed by atoms with Crippen molar-refractivity contribution < 1.29 is 33.6 Å². The van der Waals surface area contributed by atoms with Crippen molar-refractivity contribution in [2.75, 3.05) is 24.5 Å². The van der Waals surface area contributed by atoms with Crippen molar-refractivity contribution >= 4 is 21.8 Å². The zero-order valence-corrected chi connectivity index (χ0v) is 17.5. The number of sulfonamides is 1. The summed E-state index contributed by atoms with van der Waals surface area (Å²) in [7, 11) is -4.25. The number of nitrogens with zero attached hydrogens (tertiary/aromatic N) is 2. The van der Waals surface area contributed by atoms with Crippen molar-refractivity contribution in [1.82, 2.24) is 4.72 Å². The second-order valence-electron chi connectivity index (χ2n) is 6.77. The number of nitrogens with one attached hydrogen (secondary N) is 1. The van der Waals surface area contributed by atoms with E-state index in [0.29, 0.717) is 5.56 Å². The summed E-state index contributed by atoms with van der Waals surface area (Å²) < 4.78 is 32.0. The van der Waals surface area contributed by atoms with Crippen LogP contribution in [0.3, 0.4) is 0 Å². The molecule has 0 saturated carbocycles. The van der Waals surface area contributed by atoms with Gasteiger partial charge >= 0.3 is 0 Å². The normalized spacial score (nSPS) is 27.5. The fraction of sp³-hybridized carbons (Fsp3) is 0.526. The molecule has 10 nitrogen and oxygen atoms in total. The van der Waals surface area contributed by atoms with E-state index in [1.807, 2.05) is 26.0 Å². The molecule has 2 rings (SSSR count). The highest BCUT2D eigenvalue weighted by atomic mass is 32.2. The van der Waals surface area contributed by atoms with Gasteiger partial charge in [-0.2, -0.15) is 5.26 Å². The van der Waals surface area contributed by atoms with Gasteiger partial charge in [-0.05, 0) is 37.6 Å². The van der Waals surface area contributed by atoms with E-state index in [0.717, 1.165) is 18.8 Å². The largest absolute Gasteiger partial charge is 0.388 e. The molecule has 1 aliphatic heterocycles. The predicted molar refractivity (Wildman–Crippen MR) is 109 cm³/mol. The van der Waals surface area contributed by atoms with Gasteiger partial charge in [-0.1, -0.05) is 12.1 Å². The van der Waals surface area contributed by atoms with E-state index in [1.165, 1.54) is 6.08 Å². The van der Waals surface area contributed by atoms with E-state index >= 15 is 0 Å². The summed E-state index contributed by atoms with van der Waals surface area (Å²) in [5, 5.41) is 47.9. The number of anilines is 1. The highest BCUT2D eigenvalue weighted by Gasteiger charge is 2.43. The fourth-order valence-electron chi connectivity index (χ4n) is 3.06. The van der Waals surface area contributed by atoms with Crippen LogP contribution in [0, 0.1) is 11.3 Å². The maximum absolute atomic E-state index is 12.5. The third kappa shape index (κ3) is 5.55. The minimum absolute atomic E-state index is 0.510. The van der Waals surface area contributed by atoms with Gasteiger partial charge in [0.05, 0.1) is 0 Å². The van der Waals surface area contributed by atoms with Crippen molar-refractivity contribution in [3.8, 4) is 6.07 Å². The lowest BCUT2D eigenvalue weighted by atomic mass is 9.99. The van der Waals surface area contributed by atoms with Gasteiger partial charge in [-0.3, -0.25) is 0 Å². The first-order valence-electron chi connectivity index (χ1n) is 9.48. The first kappa shape index (κ1) is 24.2. The third-order valence-electron chi connectivity index (χ3n) is 4.88. The summed E-state index contributed by atoms with van der Waals surface area (Å²) >= 11 is 0. The second-order valence-corrected chi connectivity index (χ2v) is 8.51. The molecule has 30 heavy (non-hydrogen) atoms. The molecule has 1 aliphatic rings. The lowest BCUT2D eigenvalue weighted by Crippen LogP contribution is -2.59. The molecular formula is C19H27N3O7S. The molecule has 0 bridgehead atoms. The molecule has 0 aromatic heterocycles. The van der Waals surface area contributed by atoms with Gasteiger partial charge in [-0.25, -0.2) is 13.1 Å². The van der Waals surface area contributed by atoms with Crippen LogP contribution >= 0.6 is 0 Å². The molecular weight excluding hydrogens is 414 g/mol. The number of aliphatic hydroxyl groups excluding tert-OH is 4. The number of hydrogen-bond donors (Lipinski definition) is 5. The molecule has 0 radical (unpaired) electrons. The average Bonchev–Trinajstić information content (AvgIpc) is 2.73. The van der Waals surface area contributed by atoms with Crippen LogP contribution in [0.25, 0.3) is 6.08 Å². The highest BCUT2D eigenvalue weighted by molar-refractivity contribution is 7.93. The Bertz CT molecular complexity index is 878. The molecule has 5 atom stereocenters. The summed E-state index contributed by atoms with van der Waals surface area (Å²) in [6.07, 6.45) is -6.96. The van der Waals surface area contributed by atoms with Crippen molar-refractivity contribution in [2.24, 2.45) is 0 Å². The molecule has 0 aliphatic carbocycles. The molecule has 0 spiro atoms. The summed E-state index contributed by atoms with van der Waals surface area (Å²) in [6.45, 7) is 5.17. The maximum Gasteiger partial charge on any atom is 0.250 e. The van der Waals surface area contributed by atoms with Gasteiger partial charge in [0.2, 0.25) is 0 Å². The number of rotatable bonds is 8. The second kappa shape index (κ2) is 10.3. The van der Waals surface area contributed by atoms with Crippen LogP contribution in [0.4, 0.5) is 5.69 Å². The number of nitriles is 1. The Balaban J connectivity index is 2.12. The fourth-order valence-corrected chi connectivity index (χ4v) is 4.01. The minimum atomic E-state index is -4.25. The monoisotopic (exact) mass is 441 g/mol. The molecule has 1 aromatic rings. The lowest BCUT2D eigenvalue weighted by Gasteiger charge is -2.38. The maximum atomic E-state index is 12.5. The van der Waals surface area contributed by atoms with Crippen molar-refractivity contribution in [2.45, 2.75) is 44.6 Å². The number of hydrogen-bond acceptors (Lipinski definition) is 9. The zero-order valence-electron chi connectivity index (χ0n) is 16.7. The van der Waals surface area contributed by atoms with E-state index in [9.17, 15) is 34.1 Å². The standard InChI is InChI=1S/C19H27N3O7S/c1-3-22(4-2)13-7-5-12(6-8-13)9-14(10-20)30(27,28)21-11-15-16(23)17(24)18(25)19(26)29-15/h5-9,15-19,21,23-26H,3-4,11H2,1-2H3/b14-9+/t15-,16-,17+,18-,19-/m1/s1. The molecule has 1 aromatic carbocycles. The Labute approximate surface area is 175 Å².